The summed E-state index contributed by atoms with van der Waals surface area (Å²) in [5.74, 6) is -1.03. The lowest BCUT2D eigenvalue weighted by molar-refractivity contribution is 0.0695. The van der Waals surface area contributed by atoms with E-state index in [1.165, 1.54) is 6.07 Å². The van der Waals surface area contributed by atoms with Crippen molar-refractivity contribution in [1.29, 1.82) is 0 Å². The van der Waals surface area contributed by atoms with Crippen molar-refractivity contribution in [3.63, 3.8) is 0 Å². The molecule has 1 aromatic heterocycles. The minimum Gasteiger partial charge on any atom is -0.484 e. The maximum atomic E-state index is 13.2. The second kappa shape index (κ2) is 5.47. The average molecular weight is 266 g/mol. The predicted octanol–water partition coefficient (Wildman–Crippen LogP) is 2.05. The number of rotatable bonds is 5. The van der Waals surface area contributed by atoms with E-state index in [1.54, 1.807) is 0 Å². The summed E-state index contributed by atoms with van der Waals surface area (Å²) in [6, 6.07) is 3.23. The molecule has 19 heavy (non-hydrogen) atoms. The smallest absolute Gasteiger partial charge is 0.335 e. The van der Waals surface area contributed by atoms with Crippen LogP contribution in [0.15, 0.2) is 22.7 Å². The highest BCUT2D eigenvalue weighted by Crippen LogP contribution is 2.17. The van der Waals surface area contributed by atoms with Gasteiger partial charge in [0, 0.05) is 12.5 Å². The van der Waals surface area contributed by atoms with Crippen LogP contribution in [0.1, 0.15) is 29.0 Å². The zero-order valence-corrected chi connectivity index (χ0v) is 10.1. The molecule has 7 heteroatoms. The number of aryl methyl sites for hydroxylation is 1. The van der Waals surface area contributed by atoms with E-state index in [0.717, 1.165) is 12.1 Å². The number of benzene rings is 1. The third-order valence-electron chi connectivity index (χ3n) is 2.31. The molecule has 100 valence electrons. The molecule has 0 saturated heterocycles. The molecule has 0 saturated carbocycles. The molecule has 1 aromatic carbocycles. The summed E-state index contributed by atoms with van der Waals surface area (Å²) in [4.78, 5) is 14.8. The van der Waals surface area contributed by atoms with Gasteiger partial charge in [-0.05, 0) is 12.1 Å². The summed E-state index contributed by atoms with van der Waals surface area (Å²) < 4.78 is 23.3. The molecule has 0 atom stereocenters. The van der Waals surface area contributed by atoms with Gasteiger partial charge in [0.25, 0.3) is 5.89 Å². The van der Waals surface area contributed by atoms with Crippen molar-refractivity contribution < 1.29 is 23.6 Å². The van der Waals surface area contributed by atoms with E-state index >= 15 is 0 Å². The van der Waals surface area contributed by atoms with Crippen molar-refractivity contribution in [3.05, 3.63) is 41.3 Å². The van der Waals surface area contributed by atoms with Crippen LogP contribution in [-0.4, -0.2) is 21.2 Å². The van der Waals surface area contributed by atoms with Crippen molar-refractivity contribution in [2.24, 2.45) is 0 Å². The van der Waals surface area contributed by atoms with Crippen LogP contribution in [-0.2, 0) is 13.0 Å². The van der Waals surface area contributed by atoms with E-state index in [0.29, 0.717) is 12.2 Å². The highest BCUT2D eigenvalue weighted by Gasteiger charge is 2.10. The molecule has 0 bridgehead atoms. The van der Waals surface area contributed by atoms with Gasteiger partial charge in [0.2, 0.25) is 0 Å². The molecule has 0 fully saturated rings. The molecule has 1 heterocycles. The van der Waals surface area contributed by atoms with Crippen molar-refractivity contribution in [3.8, 4) is 5.75 Å². The Morgan fingerprint density at radius 3 is 2.89 bits per heavy atom. The molecular weight excluding hydrogens is 255 g/mol. The van der Waals surface area contributed by atoms with Crippen molar-refractivity contribution >= 4 is 5.97 Å². The zero-order valence-electron chi connectivity index (χ0n) is 10.1. The fraction of sp³-hybridized carbons (Fsp3) is 0.250. The molecule has 0 amide bonds. The van der Waals surface area contributed by atoms with Crippen LogP contribution in [0.5, 0.6) is 5.75 Å². The number of aromatic carboxylic acids is 1. The molecule has 0 spiro atoms. The molecule has 2 rings (SSSR count). The number of halogens is 1. The van der Waals surface area contributed by atoms with Crippen LogP contribution in [0, 0.1) is 5.82 Å². The molecule has 6 nitrogen and oxygen atoms in total. The molecule has 0 aliphatic carbocycles. The molecule has 2 aromatic rings. The van der Waals surface area contributed by atoms with Crippen LogP contribution in [0.4, 0.5) is 4.39 Å². The lowest BCUT2D eigenvalue weighted by Crippen LogP contribution is -2.01. The van der Waals surface area contributed by atoms with Crippen LogP contribution in [0.3, 0.4) is 0 Å². The van der Waals surface area contributed by atoms with Gasteiger partial charge < -0.3 is 14.4 Å². The molecule has 0 aliphatic heterocycles. The topological polar surface area (TPSA) is 85.5 Å². The van der Waals surface area contributed by atoms with Gasteiger partial charge in [-0.25, -0.2) is 9.18 Å². The van der Waals surface area contributed by atoms with Gasteiger partial charge in [-0.1, -0.05) is 12.1 Å². The third-order valence-corrected chi connectivity index (χ3v) is 2.31. The number of carboxylic acids is 1. The first-order valence-electron chi connectivity index (χ1n) is 5.56. The van der Waals surface area contributed by atoms with Gasteiger partial charge in [-0.3, -0.25) is 0 Å². The number of ether oxygens (including phenoxy) is 1. The molecule has 0 unspecified atom stereocenters. The van der Waals surface area contributed by atoms with Gasteiger partial charge >= 0.3 is 5.97 Å². The van der Waals surface area contributed by atoms with Crippen LogP contribution >= 0.6 is 0 Å². The highest BCUT2D eigenvalue weighted by molar-refractivity contribution is 5.88. The van der Waals surface area contributed by atoms with E-state index < -0.39 is 11.8 Å². The Hall–Kier alpha value is -2.44. The lowest BCUT2D eigenvalue weighted by atomic mass is 10.2. The second-order valence-electron chi connectivity index (χ2n) is 3.73. The fourth-order valence-electron chi connectivity index (χ4n) is 1.41. The SMILES string of the molecule is CCc1noc(COc2cc(F)cc(C(=O)O)c2)n1. The monoisotopic (exact) mass is 266 g/mol. The standard InChI is InChI=1S/C12H11FN2O4/c1-2-10-14-11(19-15-10)6-18-9-4-7(12(16)17)3-8(13)5-9/h3-5H,2,6H2,1H3,(H,16,17). The summed E-state index contributed by atoms with van der Waals surface area (Å²) in [6.45, 7) is 1.83. The normalized spacial score (nSPS) is 10.4. The van der Waals surface area contributed by atoms with E-state index in [1.807, 2.05) is 6.92 Å². The van der Waals surface area contributed by atoms with Crippen molar-refractivity contribution in [2.75, 3.05) is 0 Å². The maximum absolute atomic E-state index is 13.2. The molecule has 0 aliphatic rings. The second-order valence-corrected chi connectivity index (χ2v) is 3.73. The number of nitrogens with zero attached hydrogens (tertiary/aromatic N) is 2. The van der Waals surface area contributed by atoms with Crippen LogP contribution in [0.25, 0.3) is 0 Å². The molecule has 0 radical (unpaired) electrons. The first kappa shape index (κ1) is 13.0. The Kier molecular flexibility index (Phi) is 3.74. The summed E-state index contributed by atoms with van der Waals surface area (Å²) >= 11 is 0. The van der Waals surface area contributed by atoms with Crippen molar-refractivity contribution in [1.82, 2.24) is 10.1 Å². The van der Waals surface area contributed by atoms with Gasteiger partial charge in [0.15, 0.2) is 12.4 Å². The largest absolute Gasteiger partial charge is 0.484 e. The van der Waals surface area contributed by atoms with Gasteiger partial charge in [-0.2, -0.15) is 4.98 Å². The number of aromatic nitrogens is 2. The predicted molar refractivity (Wildman–Crippen MR) is 61.4 cm³/mol. The van der Waals surface area contributed by atoms with E-state index in [4.69, 9.17) is 14.4 Å². The first-order valence-corrected chi connectivity index (χ1v) is 5.56. The Morgan fingerprint density at radius 2 is 2.26 bits per heavy atom. The van der Waals surface area contributed by atoms with Gasteiger partial charge in [0.1, 0.15) is 11.6 Å². The Morgan fingerprint density at radius 1 is 1.47 bits per heavy atom. The number of carbonyl (C=O) groups is 1. The number of hydrogen-bond donors (Lipinski definition) is 1. The van der Waals surface area contributed by atoms with E-state index in [9.17, 15) is 9.18 Å². The van der Waals surface area contributed by atoms with Crippen LogP contribution < -0.4 is 4.74 Å². The van der Waals surface area contributed by atoms with Gasteiger partial charge in [0.05, 0.1) is 5.56 Å². The fourth-order valence-corrected chi connectivity index (χ4v) is 1.41. The molecule has 1 N–H and O–H groups in total. The lowest BCUT2D eigenvalue weighted by Gasteiger charge is -2.04. The Labute approximate surface area is 107 Å². The van der Waals surface area contributed by atoms with E-state index in [2.05, 4.69) is 10.1 Å². The van der Waals surface area contributed by atoms with E-state index in [-0.39, 0.29) is 23.8 Å². The summed E-state index contributed by atoms with van der Waals surface area (Å²) in [6.07, 6.45) is 0.632. The highest BCUT2D eigenvalue weighted by atomic mass is 19.1. The quantitative estimate of drug-likeness (QED) is 0.891. The summed E-state index contributed by atoms with van der Waals surface area (Å²) in [5, 5.41) is 12.5. The Balaban J connectivity index is 2.08. The van der Waals surface area contributed by atoms with Gasteiger partial charge in [-0.15, -0.1) is 0 Å². The average Bonchev–Trinajstić information content (AvgIpc) is 2.83. The zero-order chi connectivity index (χ0) is 13.8. The maximum Gasteiger partial charge on any atom is 0.335 e. The first-order chi connectivity index (χ1) is 9.08. The van der Waals surface area contributed by atoms with Crippen LogP contribution in [0.2, 0.25) is 0 Å². The number of hydrogen-bond acceptors (Lipinski definition) is 5. The minimum absolute atomic E-state index is 0.0461. The summed E-state index contributed by atoms with van der Waals surface area (Å²) in [7, 11) is 0. The number of carboxylic acid groups (broad SMARTS) is 1. The Bertz CT molecular complexity index is 597. The summed E-state index contributed by atoms with van der Waals surface area (Å²) in [5.41, 5.74) is -0.185. The van der Waals surface area contributed by atoms with Crippen molar-refractivity contribution in [2.45, 2.75) is 20.0 Å². The third kappa shape index (κ3) is 3.27. The minimum atomic E-state index is -1.23. The molecular formula is C12H11FN2O4.